The molecule has 0 radical (unpaired) electrons. The maximum atomic E-state index is 9.32. The fraction of sp³-hybridized carbons (Fsp3) is 0.158. The summed E-state index contributed by atoms with van der Waals surface area (Å²) in [4.78, 5) is 4.31. The smallest absolute Gasteiger partial charge is 0.136 e. The van der Waals surface area contributed by atoms with Crippen LogP contribution in [-0.4, -0.2) is 30.9 Å². The fourth-order valence-electron chi connectivity index (χ4n) is 2.91. The Morgan fingerprint density at radius 3 is 2.76 bits per heavy atom. The van der Waals surface area contributed by atoms with Gasteiger partial charge in [-0.3, -0.25) is 0 Å². The highest BCUT2D eigenvalue weighted by Crippen LogP contribution is 2.22. The molecule has 6 nitrogen and oxygen atoms in total. The zero-order valence-electron chi connectivity index (χ0n) is 13.7. The summed E-state index contributed by atoms with van der Waals surface area (Å²) in [5.41, 5.74) is 3.97. The Morgan fingerprint density at radius 2 is 1.92 bits per heavy atom. The molecule has 0 atom stereocenters. The summed E-state index contributed by atoms with van der Waals surface area (Å²) in [5.74, 6) is 0.880. The number of aromatic nitrogens is 4. The van der Waals surface area contributed by atoms with E-state index in [-0.39, 0.29) is 6.61 Å². The lowest BCUT2D eigenvalue weighted by atomic mass is 10.1. The van der Waals surface area contributed by atoms with Crippen LogP contribution in [0.2, 0.25) is 0 Å². The number of benzene rings is 1. The van der Waals surface area contributed by atoms with Crippen LogP contribution in [0.4, 0.5) is 5.82 Å². The molecular weight excluding hydrogens is 314 g/mol. The average Bonchev–Trinajstić information content (AvgIpc) is 3.28. The quantitative estimate of drug-likeness (QED) is 0.569. The van der Waals surface area contributed by atoms with Gasteiger partial charge < -0.3 is 14.8 Å². The molecule has 0 amide bonds. The number of aliphatic hydroxyl groups is 1. The van der Waals surface area contributed by atoms with Gasteiger partial charge in [-0.15, -0.1) is 0 Å². The lowest BCUT2D eigenvalue weighted by Crippen LogP contribution is -2.11. The minimum absolute atomic E-state index is 0.0433. The van der Waals surface area contributed by atoms with Crippen LogP contribution in [0.15, 0.2) is 67.0 Å². The molecule has 0 spiro atoms. The molecule has 0 unspecified atom stereocenters. The lowest BCUT2D eigenvalue weighted by Gasteiger charge is -2.10. The molecule has 2 N–H and O–H groups in total. The van der Waals surface area contributed by atoms with E-state index in [9.17, 15) is 5.11 Å². The highest BCUT2D eigenvalue weighted by Gasteiger charge is 2.10. The van der Waals surface area contributed by atoms with Crippen molar-refractivity contribution >= 4 is 11.5 Å². The van der Waals surface area contributed by atoms with Gasteiger partial charge in [-0.1, -0.05) is 36.4 Å². The molecule has 1 aromatic carbocycles. The van der Waals surface area contributed by atoms with E-state index in [4.69, 9.17) is 0 Å². The minimum Gasteiger partial charge on any atom is -0.394 e. The molecule has 6 heteroatoms. The highest BCUT2D eigenvalue weighted by atomic mass is 16.3. The summed E-state index contributed by atoms with van der Waals surface area (Å²) in [6.45, 7) is 1.13. The minimum atomic E-state index is 0.0433. The Kier molecular flexibility index (Phi) is 4.18. The Labute approximate surface area is 145 Å². The van der Waals surface area contributed by atoms with Gasteiger partial charge >= 0.3 is 0 Å². The molecule has 0 fully saturated rings. The van der Waals surface area contributed by atoms with Crippen molar-refractivity contribution in [3.8, 4) is 11.3 Å². The molecule has 0 aliphatic rings. The van der Waals surface area contributed by atoms with Gasteiger partial charge in [0.1, 0.15) is 11.5 Å². The van der Waals surface area contributed by atoms with Crippen LogP contribution in [-0.2, 0) is 13.1 Å². The molecule has 0 aliphatic heterocycles. The van der Waals surface area contributed by atoms with E-state index in [0.717, 1.165) is 28.4 Å². The number of hydrogen-bond acceptors (Lipinski definition) is 4. The Bertz CT molecular complexity index is 974. The topological polar surface area (TPSA) is 67.4 Å². The third-order valence-corrected chi connectivity index (χ3v) is 4.12. The number of fused-ring (bicyclic) bond motifs is 1. The van der Waals surface area contributed by atoms with E-state index in [2.05, 4.69) is 25.9 Å². The van der Waals surface area contributed by atoms with E-state index in [1.807, 2.05) is 54.7 Å². The van der Waals surface area contributed by atoms with Crippen LogP contribution < -0.4 is 5.32 Å². The van der Waals surface area contributed by atoms with Gasteiger partial charge in [-0.05, 0) is 12.1 Å². The molecule has 4 aromatic rings. The van der Waals surface area contributed by atoms with Crippen LogP contribution >= 0.6 is 0 Å². The van der Waals surface area contributed by atoms with Crippen molar-refractivity contribution < 1.29 is 5.11 Å². The standard InChI is InChI=1S/C19H19N5O/c25-12-11-24-19(13-17(22-24)15-5-2-1-3-6-15)21-14-16-7-4-8-18-20-9-10-23(16)18/h1-10,13,21,25H,11-12,14H2. The molecule has 3 aromatic heterocycles. The molecule has 0 saturated carbocycles. The Hall–Kier alpha value is -3.12. The third kappa shape index (κ3) is 3.12. The normalized spacial score (nSPS) is 11.1. The van der Waals surface area contributed by atoms with Crippen molar-refractivity contribution in [2.45, 2.75) is 13.1 Å². The summed E-state index contributed by atoms with van der Waals surface area (Å²) in [6.07, 6.45) is 3.75. The van der Waals surface area contributed by atoms with Gasteiger partial charge in [0.25, 0.3) is 0 Å². The van der Waals surface area contributed by atoms with Crippen molar-refractivity contribution in [2.24, 2.45) is 0 Å². The SMILES string of the molecule is OCCn1nc(-c2ccccc2)cc1NCc1cccc2nccn12. The van der Waals surface area contributed by atoms with E-state index in [1.165, 1.54) is 0 Å². The average molecular weight is 333 g/mol. The van der Waals surface area contributed by atoms with E-state index >= 15 is 0 Å². The zero-order chi connectivity index (χ0) is 17.1. The summed E-state index contributed by atoms with van der Waals surface area (Å²) >= 11 is 0. The first kappa shape index (κ1) is 15.4. The first-order chi connectivity index (χ1) is 12.3. The highest BCUT2D eigenvalue weighted by molar-refractivity contribution is 5.63. The number of nitrogens with one attached hydrogen (secondary N) is 1. The molecular formula is C19H19N5O. The van der Waals surface area contributed by atoms with Gasteiger partial charge in [0.15, 0.2) is 0 Å². The van der Waals surface area contributed by atoms with Crippen molar-refractivity contribution in [1.29, 1.82) is 0 Å². The molecule has 3 heterocycles. The number of anilines is 1. The zero-order valence-corrected chi connectivity index (χ0v) is 13.7. The number of rotatable bonds is 6. The number of hydrogen-bond donors (Lipinski definition) is 2. The van der Waals surface area contributed by atoms with Crippen LogP contribution in [0.1, 0.15) is 5.69 Å². The summed E-state index contributed by atoms with van der Waals surface area (Å²) in [5, 5.41) is 17.4. The monoisotopic (exact) mass is 333 g/mol. The fourth-order valence-corrected chi connectivity index (χ4v) is 2.91. The summed E-state index contributed by atoms with van der Waals surface area (Å²) in [7, 11) is 0. The Balaban J connectivity index is 1.61. The van der Waals surface area contributed by atoms with Crippen LogP contribution in [0, 0.1) is 0 Å². The second kappa shape index (κ2) is 6.78. The summed E-state index contributed by atoms with van der Waals surface area (Å²) < 4.78 is 3.86. The number of imidazole rings is 1. The van der Waals surface area contributed by atoms with Crippen LogP contribution in [0.3, 0.4) is 0 Å². The van der Waals surface area contributed by atoms with Crippen molar-refractivity contribution in [2.75, 3.05) is 11.9 Å². The predicted molar refractivity (Wildman–Crippen MR) is 97.3 cm³/mol. The number of pyridine rings is 1. The second-order valence-electron chi connectivity index (χ2n) is 5.75. The van der Waals surface area contributed by atoms with Gasteiger partial charge in [0.2, 0.25) is 0 Å². The predicted octanol–water partition coefficient (Wildman–Crippen LogP) is 2.80. The van der Waals surface area contributed by atoms with E-state index < -0.39 is 0 Å². The van der Waals surface area contributed by atoms with Gasteiger partial charge in [-0.25, -0.2) is 9.67 Å². The largest absolute Gasteiger partial charge is 0.394 e. The lowest BCUT2D eigenvalue weighted by molar-refractivity contribution is 0.270. The maximum absolute atomic E-state index is 9.32. The van der Waals surface area contributed by atoms with Crippen molar-refractivity contribution in [3.63, 3.8) is 0 Å². The second-order valence-corrected chi connectivity index (χ2v) is 5.75. The molecule has 126 valence electrons. The Morgan fingerprint density at radius 1 is 1.04 bits per heavy atom. The first-order valence-electron chi connectivity index (χ1n) is 8.24. The van der Waals surface area contributed by atoms with Crippen molar-refractivity contribution in [1.82, 2.24) is 19.2 Å². The van der Waals surface area contributed by atoms with Crippen LogP contribution in [0.5, 0.6) is 0 Å². The molecule has 4 rings (SSSR count). The number of nitrogens with zero attached hydrogens (tertiary/aromatic N) is 4. The summed E-state index contributed by atoms with van der Waals surface area (Å²) in [6, 6.07) is 18.1. The van der Waals surface area contributed by atoms with Crippen molar-refractivity contribution in [3.05, 3.63) is 72.7 Å². The van der Waals surface area contributed by atoms with Crippen LogP contribution in [0.25, 0.3) is 16.9 Å². The number of aliphatic hydroxyl groups excluding tert-OH is 1. The maximum Gasteiger partial charge on any atom is 0.136 e. The van der Waals surface area contributed by atoms with E-state index in [0.29, 0.717) is 13.1 Å². The first-order valence-corrected chi connectivity index (χ1v) is 8.24. The van der Waals surface area contributed by atoms with Gasteiger partial charge in [-0.2, -0.15) is 5.10 Å². The van der Waals surface area contributed by atoms with Gasteiger partial charge in [0.05, 0.1) is 25.4 Å². The third-order valence-electron chi connectivity index (χ3n) is 4.12. The van der Waals surface area contributed by atoms with E-state index in [1.54, 1.807) is 10.9 Å². The molecule has 25 heavy (non-hydrogen) atoms. The molecule has 0 bridgehead atoms. The molecule has 0 saturated heterocycles. The van der Waals surface area contributed by atoms with Gasteiger partial charge in [0, 0.05) is 29.7 Å². The molecule has 0 aliphatic carbocycles.